The summed E-state index contributed by atoms with van der Waals surface area (Å²) in [6.45, 7) is 0. The Morgan fingerprint density at radius 1 is 1.10 bits per heavy atom. The molecule has 0 spiro atoms. The molecule has 0 aliphatic rings. The lowest BCUT2D eigenvalue weighted by atomic mass is 10.2. The van der Waals surface area contributed by atoms with Crippen molar-refractivity contribution in [2.45, 2.75) is 0 Å². The van der Waals surface area contributed by atoms with E-state index in [4.69, 9.17) is 10.5 Å². The molecule has 104 valence electrons. The van der Waals surface area contributed by atoms with Crippen molar-refractivity contribution in [3.8, 4) is 11.5 Å². The number of ether oxygens (including phenoxy) is 1. The molecule has 0 unspecified atom stereocenters. The lowest BCUT2D eigenvalue weighted by molar-refractivity contribution is -0.385. The third-order valence-electron chi connectivity index (χ3n) is 3.00. The topological polar surface area (TPSA) is 91.3 Å². The molecule has 2 N–H and O–H groups in total. The quantitative estimate of drug-likeness (QED) is 0.450. The second-order valence-electron chi connectivity index (χ2n) is 4.42. The van der Waals surface area contributed by atoms with E-state index in [0.717, 1.165) is 0 Å². The molecule has 1 aromatic heterocycles. The van der Waals surface area contributed by atoms with Gasteiger partial charge in [0.2, 0.25) is 5.75 Å². The van der Waals surface area contributed by atoms with Crippen LogP contribution in [-0.2, 0) is 0 Å². The molecule has 0 bridgehead atoms. The van der Waals surface area contributed by atoms with E-state index in [2.05, 4.69) is 4.98 Å². The summed E-state index contributed by atoms with van der Waals surface area (Å²) >= 11 is 0. The number of hydrogen-bond donors (Lipinski definition) is 1. The van der Waals surface area contributed by atoms with Crippen LogP contribution >= 0.6 is 0 Å². The monoisotopic (exact) mass is 281 g/mol. The molecule has 6 heteroatoms. The van der Waals surface area contributed by atoms with Gasteiger partial charge in [0.05, 0.1) is 15.8 Å². The number of para-hydroxylation sites is 1. The van der Waals surface area contributed by atoms with Gasteiger partial charge in [0.25, 0.3) is 0 Å². The Labute approximate surface area is 119 Å². The fourth-order valence-corrected chi connectivity index (χ4v) is 2.00. The zero-order valence-electron chi connectivity index (χ0n) is 10.9. The first-order chi connectivity index (χ1) is 10.1. The highest BCUT2D eigenvalue weighted by atomic mass is 16.6. The smallest absolute Gasteiger partial charge is 0.330 e. The van der Waals surface area contributed by atoms with Gasteiger partial charge in [-0.1, -0.05) is 12.1 Å². The Morgan fingerprint density at radius 3 is 2.52 bits per heavy atom. The van der Waals surface area contributed by atoms with Gasteiger partial charge in [-0.25, -0.2) is 4.98 Å². The van der Waals surface area contributed by atoms with Crippen molar-refractivity contribution in [3.05, 3.63) is 64.8 Å². The van der Waals surface area contributed by atoms with E-state index in [9.17, 15) is 10.1 Å². The van der Waals surface area contributed by atoms with Crippen molar-refractivity contribution in [2.75, 3.05) is 5.73 Å². The lowest BCUT2D eigenvalue weighted by Crippen LogP contribution is -1.96. The molecule has 3 aromatic rings. The summed E-state index contributed by atoms with van der Waals surface area (Å²) < 4.78 is 5.70. The molecule has 0 radical (unpaired) electrons. The Balaban J connectivity index is 2.16. The minimum Gasteiger partial charge on any atom is -0.449 e. The second-order valence-corrected chi connectivity index (χ2v) is 4.42. The van der Waals surface area contributed by atoms with Gasteiger partial charge in [-0.05, 0) is 36.4 Å². The SMILES string of the molecule is Nc1ccc(Oc2c([N+](=O)[O-])cnc3ccccc23)cc1. The summed E-state index contributed by atoms with van der Waals surface area (Å²) in [5.74, 6) is 0.652. The van der Waals surface area contributed by atoms with Crippen molar-refractivity contribution in [3.63, 3.8) is 0 Å². The van der Waals surface area contributed by atoms with Gasteiger partial charge >= 0.3 is 5.69 Å². The number of aromatic nitrogens is 1. The van der Waals surface area contributed by atoms with Gasteiger partial charge < -0.3 is 10.5 Å². The zero-order valence-corrected chi connectivity index (χ0v) is 10.9. The first-order valence-corrected chi connectivity index (χ1v) is 6.20. The van der Waals surface area contributed by atoms with E-state index in [-0.39, 0.29) is 11.4 Å². The maximum Gasteiger partial charge on any atom is 0.330 e. The van der Waals surface area contributed by atoms with Crippen LogP contribution in [0.25, 0.3) is 10.9 Å². The van der Waals surface area contributed by atoms with Crippen molar-refractivity contribution in [2.24, 2.45) is 0 Å². The molecule has 0 amide bonds. The molecule has 21 heavy (non-hydrogen) atoms. The minimum absolute atomic E-state index is 0.175. The van der Waals surface area contributed by atoms with E-state index in [1.807, 2.05) is 6.07 Å². The Kier molecular flexibility index (Phi) is 3.12. The molecule has 0 saturated heterocycles. The minimum atomic E-state index is -0.508. The highest BCUT2D eigenvalue weighted by Gasteiger charge is 2.20. The number of nitro groups is 1. The Hall–Kier alpha value is -3.15. The normalized spacial score (nSPS) is 10.5. The van der Waals surface area contributed by atoms with E-state index in [1.165, 1.54) is 6.20 Å². The van der Waals surface area contributed by atoms with Crippen LogP contribution in [0, 0.1) is 10.1 Å². The molecule has 0 saturated carbocycles. The average Bonchev–Trinajstić information content (AvgIpc) is 2.49. The number of anilines is 1. The first kappa shape index (κ1) is 12.9. The molecule has 0 atom stereocenters. The van der Waals surface area contributed by atoms with Gasteiger partial charge in [-0.3, -0.25) is 10.1 Å². The van der Waals surface area contributed by atoms with Crippen LogP contribution < -0.4 is 10.5 Å². The third-order valence-corrected chi connectivity index (χ3v) is 3.00. The number of hydrogen-bond acceptors (Lipinski definition) is 5. The highest BCUT2D eigenvalue weighted by molar-refractivity contribution is 5.88. The van der Waals surface area contributed by atoms with Crippen LogP contribution in [0.15, 0.2) is 54.7 Å². The van der Waals surface area contributed by atoms with Crippen molar-refractivity contribution in [1.82, 2.24) is 4.98 Å². The van der Waals surface area contributed by atoms with E-state index >= 15 is 0 Å². The van der Waals surface area contributed by atoms with Crippen molar-refractivity contribution < 1.29 is 9.66 Å². The van der Waals surface area contributed by atoms with Crippen LogP contribution in [0.4, 0.5) is 11.4 Å². The van der Waals surface area contributed by atoms with E-state index in [0.29, 0.717) is 22.3 Å². The van der Waals surface area contributed by atoms with Crippen molar-refractivity contribution >= 4 is 22.3 Å². The summed E-state index contributed by atoms with van der Waals surface area (Å²) in [6.07, 6.45) is 1.20. The molecular formula is C15H11N3O3. The maximum atomic E-state index is 11.2. The molecule has 0 aliphatic carbocycles. The fourth-order valence-electron chi connectivity index (χ4n) is 2.00. The zero-order chi connectivity index (χ0) is 14.8. The van der Waals surface area contributed by atoms with Gasteiger partial charge in [0.15, 0.2) is 0 Å². The van der Waals surface area contributed by atoms with Gasteiger partial charge in [-0.15, -0.1) is 0 Å². The summed E-state index contributed by atoms with van der Waals surface area (Å²) in [6, 6.07) is 13.8. The van der Waals surface area contributed by atoms with Gasteiger partial charge in [0, 0.05) is 5.69 Å². The van der Waals surface area contributed by atoms with Crippen LogP contribution in [0.5, 0.6) is 11.5 Å². The van der Waals surface area contributed by atoms with Crippen molar-refractivity contribution in [1.29, 1.82) is 0 Å². The highest BCUT2D eigenvalue weighted by Crippen LogP contribution is 2.37. The molecule has 0 fully saturated rings. The number of rotatable bonds is 3. The predicted octanol–water partition coefficient (Wildman–Crippen LogP) is 3.52. The van der Waals surface area contributed by atoms with Crippen LogP contribution in [-0.4, -0.2) is 9.91 Å². The fraction of sp³-hybridized carbons (Fsp3) is 0. The third kappa shape index (κ3) is 2.46. The predicted molar refractivity (Wildman–Crippen MR) is 79.3 cm³/mol. The summed E-state index contributed by atoms with van der Waals surface area (Å²) in [4.78, 5) is 14.7. The number of pyridine rings is 1. The second kappa shape index (κ2) is 5.09. The number of nitrogen functional groups attached to an aromatic ring is 1. The molecule has 1 heterocycles. The van der Waals surface area contributed by atoms with Gasteiger partial charge in [0.1, 0.15) is 11.9 Å². The number of nitrogens with two attached hydrogens (primary N) is 1. The number of nitrogens with zero attached hydrogens (tertiary/aromatic N) is 2. The molecule has 0 aliphatic heterocycles. The van der Waals surface area contributed by atoms with Crippen LogP contribution in [0.1, 0.15) is 0 Å². The number of benzene rings is 2. The van der Waals surface area contributed by atoms with Crippen LogP contribution in [0.3, 0.4) is 0 Å². The average molecular weight is 281 g/mol. The molecule has 3 rings (SSSR count). The lowest BCUT2D eigenvalue weighted by Gasteiger charge is -2.09. The summed E-state index contributed by atoms with van der Waals surface area (Å²) in [5, 5.41) is 11.8. The van der Waals surface area contributed by atoms with Crippen LogP contribution in [0.2, 0.25) is 0 Å². The molecule has 6 nitrogen and oxygen atoms in total. The van der Waals surface area contributed by atoms with E-state index < -0.39 is 4.92 Å². The largest absolute Gasteiger partial charge is 0.449 e. The Bertz CT molecular complexity index is 816. The molecular weight excluding hydrogens is 270 g/mol. The maximum absolute atomic E-state index is 11.2. The van der Waals surface area contributed by atoms with Gasteiger partial charge in [-0.2, -0.15) is 0 Å². The first-order valence-electron chi connectivity index (χ1n) is 6.20. The summed E-state index contributed by atoms with van der Waals surface area (Å²) in [7, 11) is 0. The Morgan fingerprint density at radius 2 is 1.81 bits per heavy atom. The van der Waals surface area contributed by atoms with E-state index in [1.54, 1.807) is 42.5 Å². The number of fused-ring (bicyclic) bond motifs is 1. The standard InChI is InChI=1S/C15H11N3O3/c16-10-5-7-11(8-6-10)21-15-12-3-1-2-4-13(12)17-9-14(15)18(19)20/h1-9H,16H2. The molecule has 2 aromatic carbocycles. The summed E-state index contributed by atoms with van der Waals surface area (Å²) in [5.41, 5.74) is 6.67.